The first-order valence-electron chi connectivity index (χ1n) is 13.4. The summed E-state index contributed by atoms with van der Waals surface area (Å²) in [6.45, 7) is 6.68. The van der Waals surface area contributed by atoms with Gasteiger partial charge in [0.2, 0.25) is 10.0 Å². The maximum absolute atomic E-state index is 12.9. The molecular formula is C30H36N4O3S. The summed E-state index contributed by atoms with van der Waals surface area (Å²) in [4.78, 5) is 18.0. The summed E-state index contributed by atoms with van der Waals surface area (Å²) < 4.78 is 27.3. The molecule has 1 N–H and O–H groups in total. The van der Waals surface area contributed by atoms with Crippen molar-refractivity contribution >= 4 is 15.9 Å². The Hall–Kier alpha value is -3.04. The summed E-state index contributed by atoms with van der Waals surface area (Å²) in [5.41, 5.74) is 4.08. The van der Waals surface area contributed by atoms with Crippen LogP contribution in [0, 0.1) is 0 Å². The van der Waals surface area contributed by atoms with Crippen LogP contribution in [-0.4, -0.2) is 67.7 Å². The van der Waals surface area contributed by atoms with Gasteiger partial charge >= 0.3 is 0 Å². The fourth-order valence-electron chi connectivity index (χ4n) is 5.26. The van der Waals surface area contributed by atoms with E-state index in [4.69, 9.17) is 0 Å². The molecule has 2 fully saturated rings. The Kier molecular flexibility index (Phi) is 8.54. The van der Waals surface area contributed by atoms with Crippen molar-refractivity contribution in [2.75, 3.05) is 39.3 Å². The van der Waals surface area contributed by atoms with E-state index in [0.29, 0.717) is 49.7 Å². The zero-order chi connectivity index (χ0) is 26.4. The maximum Gasteiger partial charge on any atom is 0.251 e. The third kappa shape index (κ3) is 6.69. The van der Waals surface area contributed by atoms with E-state index in [1.807, 2.05) is 30.3 Å². The fraction of sp³-hybridized carbons (Fsp3) is 0.367. The number of nitrogens with one attached hydrogen (secondary N) is 1. The Bertz CT molecular complexity index is 1330. The quantitative estimate of drug-likeness (QED) is 0.455. The minimum atomic E-state index is -3.46. The Morgan fingerprint density at radius 3 is 2.00 bits per heavy atom. The molecule has 38 heavy (non-hydrogen) atoms. The number of hydrogen-bond donors (Lipinski definition) is 1. The van der Waals surface area contributed by atoms with Crippen LogP contribution in [0.3, 0.4) is 0 Å². The molecule has 3 aromatic rings. The highest BCUT2D eigenvalue weighted by molar-refractivity contribution is 7.89. The molecule has 5 rings (SSSR count). The zero-order valence-corrected chi connectivity index (χ0v) is 22.6. The number of nitrogens with zero attached hydrogens (tertiary/aromatic N) is 3. The van der Waals surface area contributed by atoms with Gasteiger partial charge in [-0.1, -0.05) is 54.6 Å². The minimum absolute atomic E-state index is 0.0874. The number of benzene rings is 3. The van der Waals surface area contributed by atoms with Gasteiger partial charge in [-0.2, -0.15) is 4.31 Å². The van der Waals surface area contributed by atoms with Gasteiger partial charge in [-0.25, -0.2) is 8.42 Å². The van der Waals surface area contributed by atoms with Crippen molar-refractivity contribution in [1.29, 1.82) is 0 Å². The van der Waals surface area contributed by atoms with Gasteiger partial charge in [-0.15, -0.1) is 0 Å². The highest BCUT2D eigenvalue weighted by Gasteiger charge is 2.28. The van der Waals surface area contributed by atoms with Crippen LogP contribution in [0.5, 0.6) is 0 Å². The van der Waals surface area contributed by atoms with Gasteiger partial charge in [0.25, 0.3) is 5.91 Å². The van der Waals surface area contributed by atoms with Gasteiger partial charge in [-0.3, -0.25) is 14.6 Å². The topological polar surface area (TPSA) is 73.0 Å². The molecule has 7 nitrogen and oxygen atoms in total. The van der Waals surface area contributed by atoms with Crippen molar-refractivity contribution < 1.29 is 13.2 Å². The van der Waals surface area contributed by atoms with Gasteiger partial charge in [0.15, 0.2) is 0 Å². The molecule has 0 atom stereocenters. The van der Waals surface area contributed by atoms with Crippen LogP contribution in [0.4, 0.5) is 0 Å². The fourth-order valence-corrected chi connectivity index (χ4v) is 6.70. The molecule has 0 bridgehead atoms. The molecule has 0 aromatic heterocycles. The number of piperazine rings is 1. The van der Waals surface area contributed by atoms with Crippen LogP contribution >= 0.6 is 0 Å². The monoisotopic (exact) mass is 532 g/mol. The van der Waals surface area contributed by atoms with Crippen molar-refractivity contribution in [2.45, 2.75) is 37.4 Å². The molecule has 8 heteroatoms. The lowest BCUT2D eigenvalue weighted by Crippen LogP contribution is -2.48. The van der Waals surface area contributed by atoms with Gasteiger partial charge in [0, 0.05) is 51.4 Å². The molecular weight excluding hydrogens is 496 g/mol. The number of carbonyl (C=O) groups is 1. The molecule has 2 heterocycles. The average Bonchev–Trinajstić information content (AvgIpc) is 3.46. The van der Waals surface area contributed by atoms with E-state index in [2.05, 4.69) is 39.4 Å². The largest absolute Gasteiger partial charge is 0.348 e. The zero-order valence-electron chi connectivity index (χ0n) is 21.8. The van der Waals surface area contributed by atoms with Crippen molar-refractivity contribution in [2.24, 2.45) is 0 Å². The first-order valence-corrected chi connectivity index (χ1v) is 14.9. The van der Waals surface area contributed by atoms with Crippen LogP contribution in [0.2, 0.25) is 0 Å². The molecule has 0 spiro atoms. The van der Waals surface area contributed by atoms with E-state index in [9.17, 15) is 13.2 Å². The van der Waals surface area contributed by atoms with Crippen molar-refractivity contribution in [3.05, 3.63) is 101 Å². The normalized spacial score (nSPS) is 17.5. The number of amides is 1. The second-order valence-electron chi connectivity index (χ2n) is 10.2. The predicted molar refractivity (Wildman–Crippen MR) is 149 cm³/mol. The van der Waals surface area contributed by atoms with E-state index in [1.165, 1.54) is 31.5 Å². The molecule has 0 saturated carbocycles. The number of carbonyl (C=O) groups excluding carboxylic acids is 1. The van der Waals surface area contributed by atoms with Crippen molar-refractivity contribution in [1.82, 2.24) is 19.4 Å². The van der Waals surface area contributed by atoms with E-state index in [1.54, 1.807) is 28.6 Å². The summed E-state index contributed by atoms with van der Waals surface area (Å²) in [5.74, 6) is -0.0874. The minimum Gasteiger partial charge on any atom is -0.348 e. The second-order valence-corrected chi connectivity index (χ2v) is 12.1. The lowest BCUT2D eigenvalue weighted by Gasteiger charge is -2.34. The molecule has 2 saturated heterocycles. The van der Waals surface area contributed by atoms with Crippen LogP contribution in [0.15, 0.2) is 83.8 Å². The molecule has 1 amide bonds. The maximum atomic E-state index is 12.9. The summed E-state index contributed by atoms with van der Waals surface area (Å²) in [5, 5.41) is 3.07. The lowest BCUT2D eigenvalue weighted by molar-refractivity contribution is 0.0950. The van der Waals surface area contributed by atoms with Gasteiger partial charge in [0.05, 0.1) is 4.90 Å². The number of rotatable bonds is 9. The Balaban J connectivity index is 1.12. The predicted octanol–water partition coefficient (Wildman–Crippen LogP) is 3.72. The number of hydrogen-bond acceptors (Lipinski definition) is 5. The molecule has 2 aliphatic heterocycles. The van der Waals surface area contributed by atoms with Gasteiger partial charge in [0.1, 0.15) is 0 Å². The molecule has 200 valence electrons. The van der Waals surface area contributed by atoms with E-state index < -0.39 is 10.0 Å². The summed E-state index contributed by atoms with van der Waals surface area (Å²) >= 11 is 0. The SMILES string of the molecule is O=C(NCc1cccc(CN2CCCC2)c1)c1cccc(CN2CCN(S(=O)(=O)c3ccccc3)CC2)c1. The molecule has 2 aliphatic rings. The van der Waals surface area contributed by atoms with Crippen LogP contribution in [0.25, 0.3) is 0 Å². The Morgan fingerprint density at radius 2 is 1.29 bits per heavy atom. The van der Waals surface area contributed by atoms with Crippen molar-refractivity contribution in [3.8, 4) is 0 Å². The molecule has 3 aromatic carbocycles. The van der Waals surface area contributed by atoms with E-state index in [0.717, 1.165) is 17.7 Å². The van der Waals surface area contributed by atoms with Crippen LogP contribution < -0.4 is 5.32 Å². The molecule has 0 unspecified atom stereocenters. The smallest absolute Gasteiger partial charge is 0.251 e. The van der Waals surface area contributed by atoms with E-state index in [-0.39, 0.29) is 5.91 Å². The lowest BCUT2D eigenvalue weighted by atomic mass is 10.1. The van der Waals surface area contributed by atoms with Gasteiger partial charge in [-0.05, 0) is 66.9 Å². The third-order valence-electron chi connectivity index (χ3n) is 7.36. The third-order valence-corrected chi connectivity index (χ3v) is 9.27. The Morgan fingerprint density at radius 1 is 0.684 bits per heavy atom. The molecule has 0 radical (unpaired) electrons. The first kappa shape index (κ1) is 26.6. The van der Waals surface area contributed by atoms with Crippen LogP contribution in [0.1, 0.15) is 39.9 Å². The summed E-state index contributed by atoms with van der Waals surface area (Å²) in [6, 6.07) is 24.8. The Labute approximate surface area is 226 Å². The highest BCUT2D eigenvalue weighted by Crippen LogP contribution is 2.19. The standard InChI is InChI=1S/C30H36N4O3S/c35-30(31-22-25-8-6-9-26(20-25)23-32-14-4-5-15-32)28-11-7-10-27(21-28)24-33-16-18-34(19-17-33)38(36,37)29-12-2-1-3-13-29/h1-3,6-13,20-21H,4-5,14-19,22-24H2,(H,31,35). The molecule has 0 aliphatic carbocycles. The second kappa shape index (κ2) is 12.2. The van der Waals surface area contributed by atoms with E-state index >= 15 is 0 Å². The van der Waals surface area contributed by atoms with Gasteiger partial charge < -0.3 is 5.32 Å². The van der Waals surface area contributed by atoms with Crippen LogP contribution in [-0.2, 0) is 29.7 Å². The first-order chi connectivity index (χ1) is 18.5. The summed E-state index contributed by atoms with van der Waals surface area (Å²) in [6.07, 6.45) is 2.56. The summed E-state index contributed by atoms with van der Waals surface area (Å²) in [7, 11) is -3.46. The van der Waals surface area contributed by atoms with Crippen molar-refractivity contribution in [3.63, 3.8) is 0 Å². The number of sulfonamides is 1. The highest BCUT2D eigenvalue weighted by atomic mass is 32.2. The number of likely N-dealkylation sites (tertiary alicyclic amines) is 1. The average molecular weight is 533 g/mol.